The van der Waals surface area contributed by atoms with Crippen LogP contribution in [0.4, 0.5) is 26.3 Å². The van der Waals surface area contributed by atoms with E-state index in [-0.39, 0.29) is 23.6 Å². The topological polar surface area (TPSA) is 20.2 Å². The summed E-state index contributed by atoms with van der Waals surface area (Å²) in [5.74, 6) is -1.10. The minimum absolute atomic E-state index is 0.0863. The first-order chi connectivity index (χ1) is 8.46. The fourth-order valence-corrected chi connectivity index (χ4v) is 3.97. The maximum absolute atomic E-state index is 12.6. The van der Waals surface area contributed by atoms with Gasteiger partial charge in [0.1, 0.15) is 0 Å². The Balaban J connectivity index is 2.19. The third-order valence-electron chi connectivity index (χ3n) is 4.37. The SMILES string of the molecule is OC(CC1CC2CC(Cl)C1C2)(C(F)(F)F)C(F)(F)F. The molecule has 2 rings (SSSR count). The summed E-state index contributed by atoms with van der Waals surface area (Å²) < 4.78 is 75.5. The van der Waals surface area contributed by atoms with E-state index in [0.29, 0.717) is 12.8 Å². The maximum atomic E-state index is 12.6. The first-order valence-corrected chi connectivity index (χ1v) is 6.39. The van der Waals surface area contributed by atoms with Gasteiger partial charge in [0.2, 0.25) is 0 Å². The highest BCUT2D eigenvalue weighted by atomic mass is 35.5. The second kappa shape index (κ2) is 4.41. The van der Waals surface area contributed by atoms with Crippen LogP contribution in [-0.2, 0) is 0 Å². The van der Waals surface area contributed by atoms with Gasteiger partial charge in [0, 0.05) is 5.38 Å². The van der Waals surface area contributed by atoms with Crippen LogP contribution in [0.5, 0.6) is 0 Å². The largest absolute Gasteiger partial charge is 0.426 e. The smallest absolute Gasteiger partial charge is 0.374 e. The molecule has 2 bridgehead atoms. The van der Waals surface area contributed by atoms with Gasteiger partial charge < -0.3 is 5.11 Å². The van der Waals surface area contributed by atoms with Crippen molar-refractivity contribution in [1.82, 2.24) is 0 Å². The van der Waals surface area contributed by atoms with Crippen LogP contribution < -0.4 is 0 Å². The highest BCUT2D eigenvalue weighted by Crippen LogP contribution is 2.56. The van der Waals surface area contributed by atoms with Gasteiger partial charge in [-0.15, -0.1) is 11.6 Å². The van der Waals surface area contributed by atoms with E-state index >= 15 is 0 Å². The third-order valence-corrected chi connectivity index (χ3v) is 4.87. The van der Waals surface area contributed by atoms with Crippen molar-refractivity contribution < 1.29 is 31.4 Å². The van der Waals surface area contributed by atoms with Crippen molar-refractivity contribution in [3.63, 3.8) is 0 Å². The Labute approximate surface area is 110 Å². The van der Waals surface area contributed by atoms with Crippen LogP contribution in [0.3, 0.4) is 0 Å². The van der Waals surface area contributed by atoms with Crippen LogP contribution in [-0.4, -0.2) is 28.4 Å². The van der Waals surface area contributed by atoms with Crippen LogP contribution >= 0.6 is 11.6 Å². The predicted octanol–water partition coefficient (Wildman–Crippen LogP) is 3.89. The lowest BCUT2D eigenvalue weighted by atomic mass is 9.79. The van der Waals surface area contributed by atoms with Gasteiger partial charge in [-0.3, -0.25) is 0 Å². The number of hydrogen-bond acceptors (Lipinski definition) is 1. The quantitative estimate of drug-likeness (QED) is 0.606. The summed E-state index contributed by atoms with van der Waals surface area (Å²) in [5.41, 5.74) is -4.63. The van der Waals surface area contributed by atoms with E-state index in [9.17, 15) is 26.3 Å². The fraction of sp³-hybridized carbons (Fsp3) is 1.00. The van der Waals surface area contributed by atoms with Crippen LogP contribution in [0.1, 0.15) is 25.7 Å². The standard InChI is InChI=1S/C11H13ClF6O/c12-8-3-5-1-6(7(8)2-5)4-9(19,10(13,14)15)11(16,17)18/h5-8,19H,1-4H2. The molecule has 0 saturated heterocycles. The molecule has 0 heterocycles. The zero-order valence-electron chi connectivity index (χ0n) is 9.73. The first-order valence-electron chi connectivity index (χ1n) is 5.95. The lowest BCUT2D eigenvalue weighted by molar-refractivity contribution is -0.373. The highest BCUT2D eigenvalue weighted by molar-refractivity contribution is 6.21. The number of fused-ring (bicyclic) bond motifs is 2. The second-order valence-electron chi connectivity index (χ2n) is 5.57. The molecule has 0 aromatic rings. The fourth-order valence-electron chi connectivity index (χ4n) is 3.41. The molecule has 0 radical (unpaired) electrons. The maximum Gasteiger partial charge on any atom is 0.426 e. The molecule has 19 heavy (non-hydrogen) atoms. The molecular formula is C11H13ClF6O. The lowest BCUT2D eigenvalue weighted by Crippen LogP contribution is -2.58. The Morgan fingerprint density at radius 3 is 1.84 bits per heavy atom. The summed E-state index contributed by atoms with van der Waals surface area (Å²) in [6.45, 7) is 0. The average molecular weight is 311 g/mol. The van der Waals surface area contributed by atoms with Crippen molar-refractivity contribution in [2.24, 2.45) is 17.8 Å². The molecular weight excluding hydrogens is 298 g/mol. The monoisotopic (exact) mass is 310 g/mol. The van der Waals surface area contributed by atoms with Gasteiger partial charge in [-0.05, 0) is 43.4 Å². The Morgan fingerprint density at radius 2 is 1.47 bits per heavy atom. The van der Waals surface area contributed by atoms with Crippen molar-refractivity contribution >= 4 is 11.6 Å². The molecule has 2 fully saturated rings. The summed E-state index contributed by atoms with van der Waals surface area (Å²) >= 11 is 5.92. The van der Waals surface area contributed by atoms with Gasteiger partial charge in [0.05, 0.1) is 0 Å². The van der Waals surface area contributed by atoms with Gasteiger partial charge in [0.25, 0.3) is 5.60 Å². The normalized spacial score (nSPS) is 36.0. The molecule has 1 nitrogen and oxygen atoms in total. The summed E-state index contributed by atoms with van der Waals surface area (Å²) in [4.78, 5) is 0. The van der Waals surface area contributed by atoms with Gasteiger partial charge in [-0.25, -0.2) is 0 Å². The first kappa shape index (κ1) is 15.2. The number of aliphatic hydroxyl groups is 1. The van der Waals surface area contributed by atoms with Crippen LogP contribution in [0, 0.1) is 17.8 Å². The molecule has 8 heteroatoms. The second-order valence-corrected chi connectivity index (χ2v) is 6.13. The van der Waals surface area contributed by atoms with Crippen molar-refractivity contribution in [3.05, 3.63) is 0 Å². The molecule has 0 aliphatic heterocycles. The van der Waals surface area contributed by atoms with E-state index in [4.69, 9.17) is 16.7 Å². The summed E-state index contributed by atoms with van der Waals surface area (Å²) in [6.07, 6.45) is -11.3. The van der Waals surface area contributed by atoms with Crippen LogP contribution in [0.25, 0.3) is 0 Å². The zero-order chi connectivity index (χ0) is 14.6. The zero-order valence-corrected chi connectivity index (χ0v) is 10.5. The van der Waals surface area contributed by atoms with E-state index < -0.39 is 30.3 Å². The molecule has 2 saturated carbocycles. The molecule has 4 unspecified atom stereocenters. The van der Waals surface area contributed by atoms with Crippen molar-refractivity contribution in [2.45, 2.75) is 49.0 Å². The molecule has 112 valence electrons. The van der Waals surface area contributed by atoms with Gasteiger partial charge in [-0.1, -0.05) is 0 Å². The van der Waals surface area contributed by atoms with Crippen LogP contribution in [0.2, 0.25) is 0 Å². The van der Waals surface area contributed by atoms with Crippen molar-refractivity contribution in [2.75, 3.05) is 0 Å². The van der Waals surface area contributed by atoms with Gasteiger partial charge in [0.15, 0.2) is 0 Å². The number of hydrogen-bond donors (Lipinski definition) is 1. The number of halogens is 7. The molecule has 2 aliphatic carbocycles. The third kappa shape index (κ3) is 2.44. The molecule has 0 spiro atoms. The van der Waals surface area contributed by atoms with Gasteiger partial charge in [-0.2, -0.15) is 26.3 Å². The molecule has 0 aromatic heterocycles. The summed E-state index contributed by atoms with van der Waals surface area (Å²) in [6, 6.07) is 0. The molecule has 4 atom stereocenters. The Hall–Kier alpha value is -0.170. The summed E-state index contributed by atoms with van der Waals surface area (Å²) in [5, 5.41) is 8.79. The van der Waals surface area contributed by atoms with E-state index in [0.717, 1.165) is 0 Å². The van der Waals surface area contributed by atoms with Crippen molar-refractivity contribution in [1.29, 1.82) is 0 Å². The minimum atomic E-state index is -5.73. The summed E-state index contributed by atoms with van der Waals surface area (Å²) in [7, 11) is 0. The minimum Gasteiger partial charge on any atom is -0.374 e. The Morgan fingerprint density at radius 1 is 0.947 bits per heavy atom. The molecule has 0 amide bonds. The van der Waals surface area contributed by atoms with E-state index in [1.807, 2.05) is 0 Å². The average Bonchev–Trinajstić information content (AvgIpc) is 2.72. The van der Waals surface area contributed by atoms with E-state index in [1.54, 1.807) is 0 Å². The van der Waals surface area contributed by atoms with E-state index in [2.05, 4.69) is 0 Å². The highest BCUT2D eigenvalue weighted by Gasteiger charge is 2.71. The Kier molecular flexibility index (Phi) is 3.54. The van der Waals surface area contributed by atoms with E-state index in [1.165, 1.54) is 0 Å². The van der Waals surface area contributed by atoms with Crippen LogP contribution in [0.15, 0.2) is 0 Å². The number of alkyl halides is 7. The predicted molar refractivity (Wildman–Crippen MR) is 55.6 cm³/mol. The van der Waals surface area contributed by atoms with Gasteiger partial charge >= 0.3 is 12.4 Å². The number of rotatable bonds is 2. The molecule has 1 N–H and O–H groups in total. The Bertz CT molecular complexity index is 338. The lowest BCUT2D eigenvalue weighted by Gasteiger charge is -2.37. The molecule has 2 aliphatic rings. The van der Waals surface area contributed by atoms with Crippen molar-refractivity contribution in [3.8, 4) is 0 Å². The molecule has 0 aromatic carbocycles.